The van der Waals surface area contributed by atoms with Crippen LogP contribution >= 0.6 is 0 Å². The molecule has 0 rings (SSSR count). The van der Waals surface area contributed by atoms with Gasteiger partial charge in [-0.25, -0.2) is 0 Å². The van der Waals surface area contributed by atoms with Gasteiger partial charge in [-0.1, -0.05) is 142 Å². The van der Waals surface area contributed by atoms with Crippen molar-refractivity contribution >= 4 is 5.97 Å². The van der Waals surface area contributed by atoms with Crippen molar-refractivity contribution in [2.45, 2.75) is 162 Å². The van der Waals surface area contributed by atoms with Crippen LogP contribution in [0.5, 0.6) is 0 Å². The second kappa shape index (κ2) is 25.5. The summed E-state index contributed by atoms with van der Waals surface area (Å²) in [5.74, 6) is -0.00958. The highest BCUT2D eigenvalue weighted by Gasteiger charge is 2.01. The third-order valence-electron chi connectivity index (χ3n) is 6.00. The van der Waals surface area contributed by atoms with Gasteiger partial charge in [-0.3, -0.25) is 4.79 Å². The van der Waals surface area contributed by atoms with E-state index in [1.165, 1.54) is 122 Å². The summed E-state index contributed by atoms with van der Waals surface area (Å²) in [6.07, 6.45) is 30.5. The fourth-order valence-electron chi connectivity index (χ4n) is 3.94. The Kier molecular flexibility index (Phi) is 25.0. The molecule has 0 fully saturated rings. The number of ether oxygens (including phenoxy) is 1. The Morgan fingerprint density at radius 3 is 1.10 bits per heavy atom. The van der Waals surface area contributed by atoms with Crippen LogP contribution < -0.4 is 0 Å². The van der Waals surface area contributed by atoms with E-state index >= 15 is 0 Å². The lowest BCUT2D eigenvalue weighted by Crippen LogP contribution is -2.05. The molecule has 0 aliphatic rings. The van der Waals surface area contributed by atoms with Gasteiger partial charge >= 0.3 is 5.97 Å². The first-order valence-electron chi connectivity index (χ1n) is 13.5. The van der Waals surface area contributed by atoms with Crippen LogP contribution in [0.25, 0.3) is 0 Å². The Labute approximate surface area is 184 Å². The van der Waals surface area contributed by atoms with Gasteiger partial charge in [-0.2, -0.15) is 0 Å². The largest absolute Gasteiger partial charge is 0.466 e. The Bertz CT molecular complexity index is 314. The molecule has 0 aromatic carbocycles. The van der Waals surface area contributed by atoms with Crippen molar-refractivity contribution in [2.75, 3.05) is 6.61 Å². The molecule has 0 aliphatic carbocycles. The summed E-state index contributed by atoms with van der Waals surface area (Å²) >= 11 is 0. The van der Waals surface area contributed by atoms with Crippen LogP contribution in [0, 0.1) is 0 Å². The average molecular weight is 411 g/mol. The van der Waals surface area contributed by atoms with E-state index in [1.54, 1.807) is 0 Å². The fourth-order valence-corrected chi connectivity index (χ4v) is 3.94. The normalized spacial score (nSPS) is 11.1. The highest BCUT2D eigenvalue weighted by Crippen LogP contribution is 2.14. The number of carbonyl (C=O) groups is 1. The molecule has 174 valence electrons. The molecule has 2 nitrogen and oxygen atoms in total. The van der Waals surface area contributed by atoms with E-state index in [9.17, 15) is 4.79 Å². The van der Waals surface area contributed by atoms with Crippen molar-refractivity contribution in [3.05, 3.63) is 0 Å². The molecule has 0 heterocycles. The molecule has 0 bridgehead atoms. The van der Waals surface area contributed by atoms with Crippen molar-refractivity contribution in [1.29, 1.82) is 0 Å². The van der Waals surface area contributed by atoms with Crippen molar-refractivity contribution in [3.8, 4) is 0 Å². The standard InChI is InChI=1S/C27H54O2/c1-3-5-7-8-9-10-11-12-13-14-15-16-17-18-19-20-21-22-23-24-26-29-27(28)25-6-4-2/h3-26H2,1-2H3. The lowest BCUT2D eigenvalue weighted by atomic mass is 10.0. The minimum Gasteiger partial charge on any atom is -0.466 e. The maximum atomic E-state index is 11.4. The molecule has 0 saturated carbocycles. The molecular formula is C27H54O2. The molecule has 0 unspecified atom stereocenters. The molecule has 29 heavy (non-hydrogen) atoms. The molecule has 0 saturated heterocycles. The van der Waals surface area contributed by atoms with Crippen LogP contribution in [-0.4, -0.2) is 12.6 Å². The lowest BCUT2D eigenvalue weighted by molar-refractivity contribution is -0.143. The van der Waals surface area contributed by atoms with E-state index in [4.69, 9.17) is 4.74 Å². The van der Waals surface area contributed by atoms with Crippen molar-refractivity contribution in [3.63, 3.8) is 0 Å². The lowest BCUT2D eigenvalue weighted by Gasteiger charge is -2.05. The molecule has 0 amide bonds. The summed E-state index contributed by atoms with van der Waals surface area (Å²) in [5, 5.41) is 0. The van der Waals surface area contributed by atoms with Crippen molar-refractivity contribution in [1.82, 2.24) is 0 Å². The minimum atomic E-state index is -0.00958. The van der Waals surface area contributed by atoms with Crippen LogP contribution in [0.3, 0.4) is 0 Å². The Hall–Kier alpha value is -0.530. The van der Waals surface area contributed by atoms with Gasteiger partial charge in [0.25, 0.3) is 0 Å². The zero-order chi connectivity index (χ0) is 21.3. The third-order valence-corrected chi connectivity index (χ3v) is 6.00. The van der Waals surface area contributed by atoms with Crippen molar-refractivity contribution < 1.29 is 9.53 Å². The SMILES string of the molecule is CCCCCCCCCCCCCCCCCCCCCCOC(=O)CCCC. The average Bonchev–Trinajstić information content (AvgIpc) is 2.73. The number of esters is 1. The van der Waals surface area contributed by atoms with Gasteiger partial charge in [0.1, 0.15) is 0 Å². The second-order valence-corrected chi connectivity index (χ2v) is 9.04. The van der Waals surface area contributed by atoms with Crippen LogP contribution in [0.1, 0.15) is 162 Å². The Balaban J connectivity index is 3.04. The molecule has 0 spiro atoms. The van der Waals surface area contributed by atoms with Crippen molar-refractivity contribution in [2.24, 2.45) is 0 Å². The van der Waals surface area contributed by atoms with Crippen LogP contribution in [0.2, 0.25) is 0 Å². The van der Waals surface area contributed by atoms with E-state index in [-0.39, 0.29) is 5.97 Å². The van der Waals surface area contributed by atoms with Gasteiger partial charge < -0.3 is 4.74 Å². The molecule has 0 aliphatic heterocycles. The van der Waals surface area contributed by atoms with Gasteiger partial charge in [-0.15, -0.1) is 0 Å². The first-order chi connectivity index (χ1) is 14.3. The van der Waals surface area contributed by atoms with Crippen LogP contribution in [0.15, 0.2) is 0 Å². The number of rotatable bonds is 24. The van der Waals surface area contributed by atoms with Gasteiger partial charge in [0.2, 0.25) is 0 Å². The van der Waals surface area contributed by atoms with E-state index in [0.717, 1.165) is 19.3 Å². The summed E-state index contributed by atoms with van der Waals surface area (Å²) in [4.78, 5) is 11.4. The Morgan fingerprint density at radius 2 is 0.759 bits per heavy atom. The van der Waals surface area contributed by atoms with Crippen LogP contribution in [0.4, 0.5) is 0 Å². The predicted molar refractivity (Wildman–Crippen MR) is 128 cm³/mol. The summed E-state index contributed by atoms with van der Waals surface area (Å²) in [6.45, 7) is 5.02. The van der Waals surface area contributed by atoms with Gasteiger partial charge in [0.05, 0.1) is 6.61 Å². The predicted octanol–water partition coefficient (Wildman–Crippen LogP) is 9.54. The van der Waals surface area contributed by atoms with Gasteiger partial charge in [-0.05, 0) is 12.8 Å². The second-order valence-electron chi connectivity index (χ2n) is 9.04. The molecule has 0 atom stereocenters. The quantitative estimate of drug-likeness (QED) is 0.117. The smallest absolute Gasteiger partial charge is 0.305 e. The topological polar surface area (TPSA) is 26.3 Å². The summed E-state index contributed by atoms with van der Waals surface area (Å²) in [6, 6.07) is 0. The zero-order valence-electron chi connectivity index (χ0n) is 20.3. The van der Waals surface area contributed by atoms with E-state index in [0.29, 0.717) is 13.0 Å². The number of hydrogen-bond acceptors (Lipinski definition) is 2. The first kappa shape index (κ1) is 28.5. The molecule has 0 radical (unpaired) electrons. The zero-order valence-corrected chi connectivity index (χ0v) is 20.3. The number of unbranched alkanes of at least 4 members (excludes halogenated alkanes) is 20. The first-order valence-corrected chi connectivity index (χ1v) is 13.5. The summed E-state index contributed by atoms with van der Waals surface area (Å²) in [7, 11) is 0. The van der Waals surface area contributed by atoms with E-state index < -0.39 is 0 Å². The van der Waals surface area contributed by atoms with E-state index in [1.807, 2.05) is 0 Å². The highest BCUT2D eigenvalue weighted by molar-refractivity contribution is 5.69. The van der Waals surface area contributed by atoms with Gasteiger partial charge in [0, 0.05) is 6.42 Å². The molecular weight excluding hydrogens is 356 g/mol. The van der Waals surface area contributed by atoms with E-state index in [2.05, 4.69) is 13.8 Å². The van der Waals surface area contributed by atoms with Gasteiger partial charge in [0.15, 0.2) is 0 Å². The maximum absolute atomic E-state index is 11.4. The minimum absolute atomic E-state index is 0.00958. The summed E-state index contributed by atoms with van der Waals surface area (Å²) in [5.41, 5.74) is 0. The molecule has 0 aromatic rings. The summed E-state index contributed by atoms with van der Waals surface area (Å²) < 4.78 is 5.24. The molecule has 0 aromatic heterocycles. The fraction of sp³-hybridized carbons (Fsp3) is 0.963. The number of hydrogen-bond donors (Lipinski definition) is 0. The maximum Gasteiger partial charge on any atom is 0.305 e. The molecule has 0 N–H and O–H groups in total. The monoisotopic (exact) mass is 410 g/mol. The highest BCUT2D eigenvalue weighted by atomic mass is 16.5. The molecule has 2 heteroatoms. The third kappa shape index (κ3) is 25.4. The van der Waals surface area contributed by atoms with Crippen LogP contribution in [-0.2, 0) is 9.53 Å². The Morgan fingerprint density at radius 1 is 0.448 bits per heavy atom. The number of carbonyl (C=O) groups excluding carboxylic acids is 1.